The van der Waals surface area contributed by atoms with Crippen LogP contribution in [0.5, 0.6) is 0 Å². The Hall–Kier alpha value is -2.19. The monoisotopic (exact) mass is 326 g/mol. The molecule has 120 valence electrons. The van der Waals surface area contributed by atoms with E-state index in [1.165, 1.54) is 0 Å². The van der Waals surface area contributed by atoms with Crippen molar-refractivity contribution in [3.8, 4) is 22.5 Å². The minimum Gasteiger partial charge on any atom is -0.256 e. The van der Waals surface area contributed by atoms with Gasteiger partial charge in [0.15, 0.2) is 0 Å². The molecule has 0 saturated heterocycles. The van der Waals surface area contributed by atoms with Gasteiger partial charge in [-0.05, 0) is 42.5 Å². The molecular formula is C20H23ClN2. The van der Waals surface area contributed by atoms with E-state index in [-0.39, 0.29) is 0 Å². The molecule has 0 aliphatic heterocycles. The lowest BCUT2D eigenvalue weighted by Gasteiger charge is -2.06. The highest BCUT2D eigenvalue weighted by Gasteiger charge is 2.05. The molecule has 0 aliphatic rings. The predicted molar refractivity (Wildman–Crippen MR) is 101 cm³/mol. The lowest BCUT2D eigenvalue weighted by molar-refractivity contribution is 1.31. The van der Waals surface area contributed by atoms with Gasteiger partial charge < -0.3 is 0 Å². The van der Waals surface area contributed by atoms with E-state index in [2.05, 4.69) is 16.0 Å². The standard InChI is InChI=1S/C16H11ClN2.2C2H6/c17-14-10-12(15-5-1-3-7-18-15)9-13(11-14)16-6-2-4-8-19-16;2*1-2/h1-11H;2*1-2H3. The van der Waals surface area contributed by atoms with E-state index >= 15 is 0 Å². The Bertz CT molecular complexity index is 625. The fraction of sp³-hybridized carbons (Fsp3) is 0.200. The second-order valence-corrected chi connectivity index (χ2v) is 4.59. The highest BCUT2D eigenvalue weighted by Crippen LogP contribution is 2.28. The summed E-state index contributed by atoms with van der Waals surface area (Å²) in [6.45, 7) is 8.00. The van der Waals surface area contributed by atoms with E-state index < -0.39 is 0 Å². The van der Waals surface area contributed by atoms with Crippen molar-refractivity contribution in [1.29, 1.82) is 0 Å². The first-order valence-corrected chi connectivity index (χ1v) is 8.34. The van der Waals surface area contributed by atoms with Gasteiger partial charge in [-0.3, -0.25) is 9.97 Å². The third kappa shape index (κ3) is 5.50. The molecule has 2 nitrogen and oxygen atoms in total. The van der Waals surface area contributed by atoms with Crippen LogP contribution in [0.25, 0.3) is 22.5 Å². The number of nitrogens with zero attached hydrogens (tertiary/aromatic N) is 2. The first kappa shape index (κ1) is 18.9. The molecule has 2 heterocycles. The molecule has 0 radical (unpaired) electrons. The van der Waals surface area contributed by atoms with Crippen molar-refractivity contribution in [1.82, 2.24) is 9.97 Å². The van der Waals surface area contributed by atoms with Gasteiger partial charge in [0.2, 0.25) is 0 Å². The van der Waals surface area contributed by atoms with E-state index in [1.807, 2.05) is 76.2 Å². The normalized spacial score (nSPS) is 9.09. The van der Waals surface area contributed by atoms with Gasteiger partial charge in [-0.15, -0.1) is 0 Å². The summed E-state index contributed by atoms with van der Waals surface area (Å²) in [6.07, 6.45) is 3.55. The average molecular weight is 327 g/mol. The second-order valence-electron chi connectivity index (χ2n) is 4.16. The maximum Gasteiger partial charge on any atom is 0.0702 e. The Labute approximate surface area is 144 Å². The summed E-state index contributed by atoms with van der Waals surface area (Å²) >= 11 is 6.19. The van der Waals surface area contributed by atoms with Crippen molar-refractivity contribution in [2.24, 2.45) is 0 Å². The predicted octanol–water partition coefficient (Wildman–Crippen LogP) is 6.52. The van der Waals surface area contributed by atoms with Crippen LogP contribution >= 0.6 is 11.6 Å². The van der Waals surface area contributed by atoms with Gasteiger partial charge in [0.25, 0.3) is 0 Å². The van der Waals surface area contributed by atoms with Crippen LogP contribution in [0.15, 0.2) is 67.0 Å². The van der Waals surface area contributed by atoms with Crippen LogP contribution in [-0.4, -0.2) is 9.97 Å². The van der Waals surface area contributed by atoms with Crippen molar-refractivity contribution < 1.29 is 0 Å². The zero-order valence-corrected chi connectivity index (χ0v) is 14.9. The average Bonchev–Trinajstić information content (AvgIpc) is 2.66. The summed E-state index contributed by atoms with van der Waals surface area (Å²) in [5, 5.41) is 0.684. The summed E-state index contributed by atoms with van der Waals surface area (Å²) in [7, 11) is 0. The van der Waals surface area contributed by atoms with Crippen molar-refractivity contribution >= 4 is 11.6 Å². The van der Waals surface area contributed by atoms with Crippen molar-refractivity contribution in [2.45, 2.75) is 27.7 Å². The summed E-state index contributed by atoms with van der Waals surface area (Å²) in [6, 6.07) is 17.5. The molecule has 0 saturated carbocycles. The van der Waals surface area contributed by atoms with Crippen LogP contribution in [0.1, 0.15) is 27.7 Å². The summed E-state index contributed by atoms with van der Waals surface area (Å²) < 4.78 is 0. The molecule has 0 aliphatic carbocycles. The molecule has 3 rings (SSSR count). The van der Waals surface area contributed by atoms with Crippen LogP contribution in [0.3, 0.4) is 0 Å². The van der Waals surface area contributed by atoms with Crippen LogP contribution in [0.2, 0.25) is 5.02 Å². The van der Waals surface area contributed by atoms with E-state index in [0.29, 0.717) is 5.02 Å². The van der Waals surface area contributed by atoms with Gasteiger partial charge in [0.1, 0.15) is 0 Å². The van der Waals surface area contributed by atoms with Gasteiger partial charge in [0.05, 0.1) is 11.4 Å². The van der Waals surface area contributed by atoms with Crippen molar-refractivity contribution in [3.05, 3.63) is 72.0 Å². The van der Waals surface area contributed by atoms with Gasteiger partial charge in [0, 0.05) is 28.5 Å². The summed E-state index contributed by atoms with van der Waals surface area (Å²) in [5.41, 5.74) is 3.80. The molecule has 0 bridgehead atoms. The fourth-order valence-electron chi connectivity index (χ4n) is 1.95. The molecule has 0 spiro atoms. The molecule has 1 aromatic carbocycles. The minimum atomic E-state index is 0.684. The quantitative estimate of drug-likeness (QED) is 0.536. The van der Waals surface area contributed by atoms with Crippen molar-refractivity contribution in [2.75, 3.05) is 0 Å². The topological polar surface area (TPSA) is 25.8 Å². The number of pyridine rings is 2. The summed E-state index contributed by atoms with van der Waals surface area (Å²) in [5.74, 6) is 0. The molecule has 23 heavy (non-hydrogen) atoms. The number of benzene rings is 1. The smallest absolute Gasteiger partial charge is 0.0702 e. The third-order valence-electron chi connectivity index (χ3n) is 2.82. The maximum atomic E-state index is 6.19. The lowest BCUT2D eigenvalue weighted by atomic mass is 10.0. The van der Waals surface area contributed by atoms with E-state index in [1.54, 1.807) is 12.4 Å². The van der Waals surface area contributed by atoms with Gasteiger partial charge in [-0.2, -0.15) is 0 Å². The highest BCUT2D eigenvalue weighted by molar-refractivity contribution is 6.31. The first-order chi connectivity index (χ1) is 11.3. The Morgan fingerprint density at radius 2 is 1.09 bits per heavy atom. The van der Waals surface area contributed by atoms with E-state index in [4.69, 9.17) is 11.6 Å². The van der Waals surface area contributed by atoms with Crippen LogP contribution in [0.4, 0.5) is 0 Å². The molecule has 2 aromatic heterocycles. The highest BCUT2D eigenvalue weighted by atomic mass is 35.5. The molecule has 3 heteroatoms. The number of hydrogen-bond acceptors (Lipinski definition) is 2. The molecular weight excluding hydrogens is 304 g/mol. The zero-order chi connectivity index (χ0) is 17.1. The molecule has 0 fully saturated rings. The Morgan fingerprint density at radius 1 is 0.652 bits per heavy atom. The van der Waals surface area contributed by atoms with Crippen molar-refractivity contribution in [3.63, 3.8) is 0 Å². The Balaban J connectivity index is 0.000000615. The maximum absolute atomic E-state index is 6.19. The molecule has 0 unspecified atom stereocenters. The third-order valence-corrected chi connectivity index (χ3v) is 3.04. The van der Waals surface area contributed by atoms with Crippen LogP contribution in [0, 0.1) is 0 Å². The number of hydrogen-bond donors (Lipinski definition) is 0. The van der Waals surface area contributed by atoms with E-state index in [9.17, 15) is 0 Å². The Kier molecular flexibility index (Phi) is 8.63. The number of aromatic nitrogens is 2. The molecule has 0 atom stereocenters. The van der Waals surface area contributed by atoms with Gasteiger partial charge >= 0.3 is 0 Å². The number of halogens is 1. The zero-order valence-electron chi connectivity index (χ0n) is 14.1. The van der Waals surface area contributed by atoms with Crippen LogP contribution < -0.4 is 0 Å². The fourth-order valence-corrected chi connectivity index (χ4v) is 2.19. The SMILES string of the molecule is CC.CC.Clc1cc(-c2ccccn2)cc(-c2ccccn2)c1. The molecule has 3 aromatic rings. The molecule has 0 amide bonds. The van der Waals surface area contributed by atoms with Gasteiger partial charge in [-0.1, -0.05) is 51.4 Å². The first-order valence-electron chi connectivity index (χ1n) is 7.96. The van der Waals surface area contributed by atoms with Gasteiger partial charge in [-0.25, -0.2) is 0 Å². The minimum absolute atomic E-state index is 0.684. The number of rotatable bonds is 2. The Morgan fingerprint density at radius 3 is 1.43 bits per heavy atom. The summed E-state index contributed by atoms with van der Waals surface area (Å²) in [4.78, 5) is 8.69. The largest absolute Gasteiger partial charge is 0.256 e. The van der Waals surface area contributed by atoms with Crippen LogP contribution in [-0.2, 0) is 0 Å². The molecule has 0 N–H and O–H groups in total. The van der Waals surface area contributed by atoms with E-state index in [0.717, 1.165) is 22.5 Å². The lowest BCUT2D eigenvalue weighted by Crippen LogP contribution is -1.86. The second kappa shape index (κ2) is 10.5.